The summed E-state index contributed by atoms with van der Waals surface area (Å²) in [6, 6.07) is 29.8. The van der Waals surface area contributed by atoms with Crippen LogP contribution >= 0.6 is 0 Å². The van der Waals surface area contributed by atoms with Crippen molar-refractivity contribution in [3.8, 4) is 6.07 Å². The van der Waals surface area contributed by atoms with E-state index in [2.05, 4.69) is 54.6 Å². The Balaban J connectivity index is 1.41. The fourth-order valence-electron chi connectivity index (χ4n) is 4.06. The SMILES string of the molecule is N#C/C=C/c1ccc(COCc2ccc3ccc4cccc5ccc2c3c45)cc1. The van der Waals surface area contributed by atoms with Crippen LogP contribution in [0, 0.1) is 11.3 Å². The molecule has 0 spiro atoms. The lowest BCUT2D eigenvalue weighted by atomic mass is 9.92. The van der Waals surface area contributed by atoms with Crippen LogP contribution in [0.1, 0.15) is 16.7 Å². The first kappa shape index (κ1) is 17.4. The Kier molecular flexibility index (Phi) is 4.44. The van der Waals surface area contributed by atoms with Crippen LogP contribution in [0.3, 0.4) is 0 Å². The van der Waals surface area contributed by atoms with Gasteiger partial charge in [0.25, 0.3) is 0 Å². The van der Waals surface area contributed by atoms with E-state index in [0.29, 0.717) is 13.2 Å². The van der Waals surface area contributed by atoms with Crippen LogP contribution in [-0.4, -0.2) is 0 Å². The van der Waals surface area contributed by atoms with Crippen molar-refractivity contribution in [1.82, 2.24) is 0 Å². The van der Waals surface area contributed by atoms with E-state index in [0.717, 1.165) is 11.1 Å². The minimum atomic E-state index is 0.560. The van der Waals surface area contributed by atoms with Crippen LogP contribution in [0.15, 0.2) is 84.9 Å². The summed E-state index contributed by atoms with van der Waals surface area (Å²) in [5.74, 6) is 0. The van der Waals surface area contributed by atoms with Gasteiger partial charge in [0.05, 0.1) is 19.3 Å². The molecule has 0 aromatic heterocycles. The number of allylic oxidation sites excluding steroid dienone is 1. The maximum absolute atomic E-state index is 8.62. The molecule has 0 radical (unpaired) electrons. The Morgan fingerprint density at radius 2 is 1.41 bits per heavy atom. The van der Waals surface area contributed by atoms with Crippen LogP contribution in [0.5, 0.6) is 0 Å². The molecular formula is C27H19NO. The molecule has 0 heterocycles. The first-order valence-electron chi connectivity index (χ1n) is 9.72. The average Bonchev–Trinajstić information content (AvgIpc) is 2.77. The number of hydrogen-bond acceptors (Lipinski definition) is 2. The molecule has 2 nitrogen and oxygen atoms in total. The number of nitriles is 1. The zero-order valence-corrected chi connectivity index (χ0v) is 15.9. The molecule has 0 N–H and O–H groups in total. The smallest absolute Gasteiger partial charge is 0.0912 e. The number of ether oxygens (including phenoxy) is 1. The van der Waals surface area contributed by atoms with Crippen molar-refractivity contribution < 1.29 is 4.74 Å². The number of hydrogen-bond donors (Lipinski definition) is 0. The van der Waals surface area contributed by atoms with E-state index in [9.17, 15) is 0 Å². The molecule has 0 saturated heterocycles. The topological polar surface area (TPSA) is 33.0 Å². The average molecular weight is 373 g/mol. The fraction of sp³-hybridized carbons (Fsp3) is 0.0741. The Labute approximate surface area is 169 Å². The standard InChI is InChI=1S/C27H19NO/c28-16-2-3-19-6-8-20(9-7-19)17-29-18-24-13-12-23-11-10-21-4-1-5-22-14-15-25(24)27(23)26(21)22/h1-15H,17-18H2/b3-2+. The van der Waals surface area contributed by atoms with Gasteiger partial charge in [-0.05, 0) is 55.1 Å². The molecule has 2 heteroatoms. The summed E-state index contributed by atoms with van der Waals surface area (Å²) in [4.78, 5) is 0. The normalized spacial score (nSPS) is 11.7. The molecule has 0 saturated carbocycles. The predicted octanol–water partition coefficient (Wildman–Crippen LogP) is 6.84. The van der Waals surface area contributed by atoms with E-state index in [1.165, 1.54) is 44.0 Å². The van der Waals surface area contributed by atoms with Crippen molar-refractivity contribution in [2.24, 2.45) is 0 Å². The minimum Gasteiger partial charge on any atom is -0.372 e. The van der Waals surface area contributed by atoms with Crippen molar-refractivity contribution in [3.63, 3.8) is 0 Å². The van der Waals surface area contributed by atoms with E-state index >= 15 is 0 Å². The van der Waals surface area contributed by atoms with Crippen molar-refractivity contribution in [1.29, 1.82) is 5.26 Å². The summed E-state index contributed by atoms with van der Waals surface area (Å²) in [6.45, 7) is 1.13. The quantitative estimate of drug-likeness (QED) is 0.250. The summed E-state index contributed by atoms with van der Waals surface area (Å²) in [6.07, 6.45) is 3.29. The highest BCUT2D eigenvalue weighted by Crippen LogP contribution is 2.36. The van der Waals surface area contributed by atoms with E-state index in [4.69, 9.17) is 10.00 Å². The zero-order chi connectivity index (χ0) is 19.6. The van der Waals surface area contributed by atoms with Gasteiger partial charge in [-0.1, -0.05) is 78.9 Å². The second-order valence-corrected chi connectivity index (χ2v) is 7.28. The Bertz CT molecular complexity index is 1360. The molecule has 0 aliphatic carbocycles. The number of benzene rings is 5. The van der Waals surface area contributed by atoms with Crippen LogP contribution in [0.4, 0.5) is 0 Å². The van der Waals surface area contributed by atoms with Gasteiger partial charge in [0.1, 0.15) is 0 Å². The lowest BCUT2D eigenvalue weighted by Crippen LogP contribution is -1.96. The van der Waals surface area contributed by atoms with E-state index in [-0.39, 0.29) is 0 Å². The lowest BCUT2D eigenvalue weighted by Gasteiger charge is -2.14. The second kappa shape index (κ2) is 7.39. The van der Waals surface area contributed by atoms with Gasteiger partial charge in [-0.3, -0.25) is 0 Å². The first-order valence-corrected chi connectivity index (χ1v) is 9.72. The third-order valence-electron chi connectivity index (χ3n) is 5.48. The van der Waals surface area contributed by atoms with Gasteiger partial charge in [-0.15, -0.1) is 0 Å². The van der Waals surface area contributed by atoms with E-state index in [1.54, 1.807) is 6.08 Å². The minimum absolute atomic E-state index is 0.560. The Morgan fingerprint density at radius 1 is 0.724 bits per heavy atom. The third-order valence-corrected chi connectivity index (χ3v) is 5.48. The largest absolute Gasteiger partial charge is 0.372 e. The first-order chi connectivity index (χ1) is 14.3. The van der Waals surface area contributed by atoms with E-state index in [1.807, 2.05) is 30.3 Å². The van der Waals surface area contributed by atoms with Gasteiger partial charge in [0.15, 0.2) is 0 Å². The van der Waals surface area contributed by atoms with Crippen molar-refractivity contribution in [2.45, 2.75) is 13.2 Å². The van der Waals surface area contributed by atoms with Crippen molar-refractivity contribution in [3.05, 3.63) is 102 Å². The second-order valence-electron chi connectivity index (χ2n) is 7.28. The lowest BCUT2D eigenvalue weighted by molar-refractivity contribution is 0.108. The highest BCUT2D eigenvalue weighted by atomic mass is 16.5. The highest BCUT2D eigenvalue weighted by molar-refractivity contribution is 6.23. The van der Waals surface area contributed by atoms with Gasteiger partial charge in [-0.25, -0.2) is 0 Å². The highest BCUT2D eigenvalue weighted by Gasteiger charge is 2.10. The van der Waals surface area contributed by atoms with Gasteiger partial charge in [0, 0.05) is 6.08 Å². The Hall–Kier alpha value is -3.67. The van der Waals surface area contributed by atoms with Gasteiger partial charge in [0.2, 0.25) is 0 Å². The maximum Gasteiger partial charge on any atom is 0.0912 e. The summed E-state index contributed by atoms with van der Waals surface area (Å²) >= 11 is 0. The molecule has 0 amide bonds. The van der Waals surface area contributed by atoms with Gasteiger partial charge in [-0.2, -0.15) is 5.26 Å². The molecule has 29 heavy (non-hydrogen) atoms. The molecular weight excluding hydrogens is 354 g/mol. The molecule has 138 valence electrons. The van der Waals surface area contributed by atoms with Crippen molar-refractivity contribution in [2.75, 3.05) is 0 Å². The van der Waals surface area contributed by atoms with Crippen molar-refractivity contribution >= 4 is 38.4 Å². The molecule has 0 fully saturated rings. The third kappa shape index (κ3) is 3.23. The van der Waals surface area contributed by atoms with Crippen LogP contribution < -0.4 is 0 Å². The summed E-state index contributed by atoms with van der Waals surface area (Å²) in [5.41, 5.74) is 3.35. The molecule has 0 aliphatic rings. The summed E-state index contributed by atoms with van der Waals surface area (Å²) in [5, 5.41) is 16.4. The predicted molar refractivity (Wildman–Crippen MR) is 120 cm³/mol. The Morgan fingerprint density at radius 3 is 2.17 bits per heavy atom. The van der Waals surface area contributed by atoms with Gasteiger partial charge < -0.3 is 4.74 Å². The van der Waals surface area contributed by atoms with Gasteiger partial charge >= 0.3 is 0 Å². The summed E-state index contributed by atoms with van der Waals surface area (Å²) < 4.78 is 6.05. The number of rotatable bonds is 5. The van der Waals surface area contributed by atoms with Crippen LogP contribution in [0.25, 0.3) is 38.4 Å². The zero-order valence-electron chi connectivity index (χ0n) is 15.9. The molecule has 5 aromatic carbocycles. The monoisotopic (exact) mass is 373 g/mol. The van der Waals surface area contributed by atoms with Crippen LogP contribution in [0.2, 0.25) is 0 Å². The fourth-order valence-corrected chi connectivity index (χ4v) is 4.06. The summed E-state index contributed by atoms with van der Waals surface area (Å²) in [7, 11) is 0. The molecule has 5 aromatic rings. The number of nitrogens with zero attached hydrogens (tertiary/aromatic N) is 1. The molecule has 0 unspecified atom stereocenters. The molecule has 0 bridgehead atoms. The van der Waals surface area contributed by atoms with Crippen LogP contribution in [-0.2, 0) is 18.0 Å². The molecule has 5 rings (SSSR count). The molecule has 0 aliphatic heterocycles. The van der Waals surface area contributed by atoms with E-state index < -0.39 is 0 Å². The maximum atomic E-state index is 8.62. The molecule has 0 atom stereocenters.